The molecule has 88 valence electrons. The van der Waals surface area contributed by atoms with Crippen molar-refractivity contribution in [3.8, 4) is 0 Å². The number of aromatic nitrogens is 2. The molecule has 1 saturated heterocycles. The summed E-state index contributed by atoms with van der Waals surface area (Å²) in [6.07, 6.45) is 3.60. The largest absolute Gasteiger partial charge is 0.354 e. The molecular weight excluding hydrogens is 296 g/mol. The number of nitrogens with zero attached hydrogens (tertiary/aromatic N) is 3. The van der Waals surface area contributed by atoms with Gasteiger partial charge in [0.25, 0.3) is 0 Å². The number of halogens is 1. The monoisotopic (exact) mass is 306 g/mol. The topological polar surface area (TPSA) is 89.2 Å². The maximum Gasteiger partial charge on any atom is 0.213 e. The number of rotatable bonds is 2. The fourth-order valence-corrected chi connectivity index (χ4v) is 3.02. The normalized spacial score (nSPS) is 21.4. The van der Waals surface area contributed by atoms with Gasteiger partial charge in [-0.2, -0.15) is 0 Å². The minimum atomic E-state index is -3.46. The second kappa shape index (κ2) is 4.27. The van der Waals surface area contributed by atoms with E-state index in [0.29, 0.717) is 25.3 Å². The number of nitrogens with two attached hydrogens (primary N) is 1. The molecule has 1 atom stereocenters. The second-order valence-electron chi connectivity index (χ2n) is 3.64. The van der Waals surface area contributed by atoms with Crippen LogP contribution in [-0.4, -0.2) is 36.7 Å². The summed E-state index contributed by atoms with van der Waals surface area (Å²) in [5.74, 6) is 0.709. The number of sulfonamides is 1. The molecule has 1 aromatic heterocycles. The summed E-state index contributed by atoms with van der Waals surface area (Å²) >= 11 is 3.33. The lowest BCUT2D eigenvalue weighted by Crippen LogP contribution is -2.32. The molecule has 0 aliphatic carbocycles. The lowest BCUT2D eigenvalue weighted by Gasteiger charge is -2.17. The van der Waals surface area contributed by atoms with E-state index in [1.807, 2.05) is 4.90 Å². The quantitative estimate of drug-likeness (QED) is 0.837. The molecule has 0 saturated carbocycles. The van der Waals surface area contributed by atoms with E-state index < -0.39 is 15.3 Å². The molecule has 16 heavy (non-hydrogen) atoms. The lowest BCUT2D eigenvalue weighted by molar-refractivity contribution is 0.585. The zero-order valence-corrected chi connectivity index (χ0v) is 10.8. The van der Waals surface area contributed by atoms with Gasteiger partial charge in [-0.15, -0.1) is 0 Å². The Morgan fingerprint density at radius 3 is 2.88 bits per heavy atom. The zero-order chi connectivity index (χ0) is 11.8. The molecule has 2 N–H and O–H groups in total. The van der Waals surface area contributed by atoms with Crippen LogP contribution < -0.4 is 10.0 Å². The first-order valence-corrected chi connectivity index (χ1v) is 7.11. The van der Waals surface area contributed by atoms with Crippen LogP contribution >= 0.6 is 15.9 Å². The van der Waals surface area contributed by atoms with Crippen LogP contribution in [0.5, 0.6) is 0 Å². The minimum absolute atomic E-state index is 0.383. The molecule has 8 heteroatoms. The molecule has 0 aromatic carbocycles. The van der Waals surface area contributed by atoms with Crippen LogP contribution in [0.4, 0.5) is 5.82 Å². The van der Waals surface area contributed by atoms with Gasteiger partial charge in [0.05, 0.1) is 9.72 Å². The molecule has 1 fully saturated rings. The van der Waals surface area contributed by atoms with Crippen LogP contribution in [0.2, 0.25) is 0 Å². The van der Waals surface area contributed by atoms with E-state index >= 15 is 0 Å². The molecule has 0 bridgehead atoms. The van der Waals surface area contributed by atoms with Gasteiger partial charge < -0.3 is 4.90 Å². The molecule has 1 aliphatic heterocycles. The standard InChI is InChI=1S/C8H11BrN4O2S/c9-7-3-11-5-12-8(7)13-2-1-6(4-13)16(10,14)15/h3,5-6H,1-2,4H2,(H2,10,14,15). The van der Waals surface area contributed by atoms with Gasteiger partial charge in [0.15, 0.2) is 0 Å². The highest BCUT2D eigenvalue weighted by atomic mass is 79.9. The highest BCUT2D eigenvalue weighted by Crippen LogP contribution is 2.26. The minimum Gasteiger partial charge on any atom is -0.354 e. The van der Waals surface area contributed by atoms with Crippen molar-refractivity contribution >= 4 is 31.8 Å². The van der Waals surface area contributed by atoms with Crippen LogP contribution in [0.3, 0.4) is 0 Å². The van der Waals surface area contributed by atoms with Crippen molar-refractivity contribution in [2.24, 2.45) is 5.14 Å². The molecule has 0 radical (unpaired) electrons. The van der Waals surface area contributed by atoms with E-state index in [2.05, 4.69) is 25.9 Å². The van der Waals surface area contributed by atoms with Gasteiger partial charge in [0.1, 0.15) is 12.1 Å². The van der Waals surface area contributed by atoms with Crippen LogP contribution in [0.1, 0.15) is 6.42 Å². The Morgan fingerprint density at radius 1 is 1.56 bits per heavy atom. The maximum absolute atomic E-state index is 11.2. The van der Waals surface area contributed by atoms with Crippen molar-refractivity contribution in [2.45, 2.75) is 11.7 Å². The van der Waals surface area contributed by atoms with Gasteiger partial charge in [0, 0.05) is 19.3 Å². The Morgan fingerprint density at radius 2 is 2.31 bits per heavy atom. The fourth-order valence-electron chi connectivity index (χ4n) is 1.73. The predicted octanol–water partition coefficient (Wildman–Crippen LogP) is 0.106. The summed E-state index contributed by atoms with van der Waals surface area (Å²) in [7, 11) is -3.46. The third-order valence-electron chi connectivity index (χ3n) is 2.56. The lowest BCUT2D eigenvalue weighted by atomic mass is 10.4. The summed E-state index contributed by atoms with van der Waals surface area (Å²) in [6, 6.07) is 0. The van der Waals surface area contributed by atoms with Crippen molar-refractivity contribution < 1.29 is 8.42 Å². The molecule has 1 aliphatic rings. The fraction of sp³-hybridized carbons (Fsp3) is 0.500. The van der Waals surface area contributed by atoms with Crippen molar-refractivity contribution in [3.63, 3.8) is 0 Å². The Balaban J connectivity index is 2.19. The third-order valence-corrected chi connectivity index (χ3v) is 4.43. The van der Waals surface area contributed by atoms with Crippen LogP contribution in [0, 0.1) is 0 Å². The first-order chi connectivity index (χ1) is 7.48. The second-order valence-corrected chi connectivity index (χ2v) is 6.34. The number of anilines is 1. The van der Waals surface area contributed by atoms with Gasteiger partial charge in [-0.25, -0.2) is 23.5 Å². The van der Waals surface area contributed by atoms with Gasteiger partial charge in [-0.1, -0.05) is 0 Å². The predicted molar refractivity (Wildman–Crippen MR) is 63.5 cm³/mol. The first-order valence-electron chi connectivity index (χ1n) is 4.70. The molecule has 0 amide bonds. The summed E-state index contributed by atoms with van der Waals surface area (Å²) in [5.41, 5.74) is 0. The highest BCUT2D eigenvalue weighted by molar-refractivity contribution is 9.10. The van der Waals surface area contributed by atoms with Gasteiger partial charge in [-0.05, 0) is 22.4 Å². The first kappa shape index (κ1) is 11.7. The van der Waals surface area contributed by atoms with Crippen LogP contribution in [0.25, 0.3) is 0 Å². The van der Waals surface area contributed by atoms with Crippen LogP contribution in [0.15, 0.2) is 17.0 Å². The molecule has 0 spiro atoms. The van der Waals surface area contributed by atoms with E-state index in [4.69, 9.17) is 5.14 Å². The van der Waals surface area contributed by atoms with E-state index in [-0.39, 0.29) is 0 Å². The van der Waals surface area contributed by atoms with Gasteiger partial charge in [-0.3, -0.25) is 0 Å². The summed E-state index contributed by atoms with van der Waals surface area (Å²) in [6.45, 7) is 1.02. The van der Waals surface area contributed by atoms with E-state index in [0.717, 1.165) is 4.47 Å². The SMILES string of the molecule is NS(=O)(=O)C1CCN(c2ncncc2Br)C1. The smallest absolute Gasteiger partial charge is 0.213 e. The molecule has 2 heterocycles. The average Bonchev–Trinajstić information content (AvgIpc) is 2.66. The van der Waals surface area contributed by atoms with E-state index in [1.54, 1.807) is 6.20 Å². The van der Waals surface area contributed by atoms with Crippen molar-refractivity contribution in [1.82, 2.24) is 9.97 Å². The van der Waals surface area contributed by atoms with Gasteiger partial charge >= 0.3 is 0 Å². The van der Waals surface area contributed by atoms with Crippen molar-refractivity contribution in [1.29, 1.82) is 0 Å². The Bertz CT molecular complexity index is 493. The van der Waals surface area contributed by atoms with Crippen LogP contribution in [-0.2, 0) is 10.0 Å². The average molecular weight is 307 g/mol. The third kappa shape index (κ3) is 2.33. The number of hydrogen-bond donors (Lipinski definition) is 1. The Hall–Kier alpha value is -0.730. The van der Waals surface area contributed by atoms with E-state index in [9.17, 15) is 8.42 Å². The van der Waals surface area contributed by atoms with Crippen molar-refractivity contribution in [3.05, 3.63) is 17.0 Å². The molecule has 6 nitrogen and oxygen atoms in total. The molecule has 1 unspecified atom stereocenters. The molecule has 1 aromatic rings. The summed E-state index contributed by atoms with van der Waals surface area (Å²) < 4.78 is 23.2. The molecule has 2 rings (SSSR count). The zero-order valence-electron chi connectivity index (χ0n) is 8.38. The molecular formula is C8H11BrN4O2S. The number of hydrogen-bond acceptors (Lipinski definition) is 5. The highest BCUT2D eigenvalue weighted by Gasteiger charge is 2.31. The van der Waals surface area contributed by atoms with Gasteiger partial charge in [0.2, 0.25) is 10.0 Å². The van der Waals surface area contributed by atoms with E-state index in [1.165, 1.54) is 6.33 Å². The van der Waals surface area contributed by atoms with Crippen molar-refractivity contribution in [2.75, 3.05) is 18.0 Å². The Labute approximate surface area is 102 Å². The summed E-state index contributed by atoms with van der Waals surface area (Å²) in [4.78, 5) is 9.86. The maximum atomic E-state index is 11.2. The summed E-state index contributed by atoms with van der Waals surface area (Å²) in [5, 5.41) is 4.61. The number of primary sulfonamides is 1. The Kier molecular flexibility index (Phi) is 3.13.